The molecule has 0 unspecified atom stereocenters. The zero-order valence-corrected chi connectivity index (χ0v) is 20.1. The van der Waals surface area contributed by atoms with Crippen molar-refractivity contribution >= 4 is 33.2 Å². The summed E-state index contributed by atoms with van der Waals surface area (Å²) in [6, 6.07) is 8.96. The SMILES string of the molecule is Cc1cc2c(cc1S(=O)(=O)N1CCC(C(=O)Nc3c(C)cccc3C)CC1)O[C@@H](C)C(=O)N2. The summed E-state index contributed by atoms with van der Waals surface area (Å²) in [5.41, 5.74) is 3.82. The van der Waals surface area contributed by atoms with Crippen LogP contribution in [0.15, 0.2) is 35.2 Å². The predicted molar refractivity (Wildman–Crippen MR) is 126 cm³/mol. The zero-order chi connectivity index (χ0) is 23.9. The Balaban J connectivity index is 1.47. The molecular formula is C24H29N3O5S. The third-order valence-electron chi connectivity index (χ3n) is 6.38. The number of ether oxygens (including phenoxy) is 1. The fourth-order valence-corrected chi connectivity index (χ4v) is 6.05. The van der Waals surface area contributed by atoms with Crippen molar-refractivity contribution in [3.8, 4) is 5.75 Å². The minimum absolute atomic E-state index is 0.0764. The van der Waals surface area contributed by atoms with Gasteiger partial charge in [0.15, 0.2) is 6.10 Å². The highest BCUT2D eigenvalue weighted by Crippen LogP contribution is 2.36. The Labute approximate surface area is 194 Å². The van der Waals surface area contributed by atoms with Gasteiger partial charge in [-0.25, -0.2) is 8.42 Å². The molecule has 0 radical (unpaired) electrons. The number of benzene rings is 2. The van der Waals surface area contributed by atoms with Gasteiger partial charge in [-0.3, -0.25) is 9.59 Å². The van der Waals surface area contributed by atoms with Gasteiger partial charge in [0.05, 0.1) is 10.6 Å². The molecule has 2 aromatic rings. The molecule has 0 aliphatic carbocycles. The minimum Gasteiger partial charge on any atom is -0.479 e. The van der Waals surface area contributed by atoms with Crippen LogP contribution in [0.2, 0.25) is 0 Å². The molecule has 0 spiro atoms. The molecule has 2 aliphatic heterocycles. The highest BCUT2D eigenvalue weighted by atomic mass is 32.2. The summed E-state index contributed by atoms with van der Waals surface area (Å²) in [6.45, 7) is 7.74. The van der Waals surface area contributed by atoms with Crippen molar-refractivity contribution in [2.24, 2.45) is 5.92 Å². The van der Waals surface area contributed by atoms with E-state index in [0.29, 0.717) is 29.8 Å². The molecule has 4 rings (SSSR count). The number of hydrogen-bond donors (Lipinski definition) is 2. The second-order valence-corrected chi connectivity index (χ2v) is 10.7. The number of para-hydroxylation sites is 1. The monoisotopic (exact) mass is 471 g/mol. The van der Waals surface area contributed by atoms with Crippen molar-refractivity contribution in [3.63, 3.8) is 0 Å². The van der Waals surface area contributed by atoms with E-state index in [2.05, 4.69) is 10.6 Å². The molecule has 2 aliphatic rings. The molecule has 0 saturated carbocycles. The molecule has 2 heterocycles. The van der Waals surface area contributed by atoms with Crippen LogP contribution in [0.5, 0.6) is 5.75 Å². The van der Waals surface area contributed by atoms with Gasteiger partial charge in [0.1, 0.15) is 5.75 Å². The summed E-state index contributed by atoms with van der Waals surface area (Å²) in [5.74, 6) is -0.250. The number of nitrogens with zero attached hydrogens (tertiary/aromatic N) is 1. The molecule has 2 aromatic carbocycles. The lowest BCUT2D eigenvalue weighted by Crippen LogP contribution is -2.41. The van der Waals surface area contributed by atoms with Crippen LogP contribution in [0.4, 0.5) is 11.4 Å². The Morgan fingerprint density at radius 1 is 1.09 bits per heavy atom. The Morgan fingerprint density at radius 3 is 2.36 bits per heavy atom. The second kappa shape index (κ2) is 8.79. The van der Waals surface area contributed by atoms with Crippen molar-refractivity contribution in [2.45, 2.75) is 51.5 Å². The number of fused-ring (bicyclic) bond motifs is 1. The predicted octanol–water partition coefficient (Wildman–Crippen LogP) is 3.37. The molecule has 2 amide bonds. The molecule has 1 saturated heterocycles. The second-order valence-electron chi connectivity index (χ2n) is 8.80. The van der Waals surface area contributed by atoms with Gasteiger partial charge in [-0.05, 0) is 63.3 Å². The van der Waals surface area contributed by atoms with Crippen LogP contribution in [0.3, 0.4) is 0 Å². The molecule has 0 bridgehead atoms. The maximum atomic E-state index is 13.4. The Morgan fingerprint density at radius 2 is 1.73 bits per heavy atom. The fraction of sp³-hybridized carbons (Fsp3) is 0.417. The average molecular weight is 472 g/mol. The van der Waals surface area contributed by atoms with Crippen molar-refractivity contribution in [1.82, 2.24) is 4.31 Å². The summed E-state index contributed by atoms with van der Waals surface area (Å²) in [6.07, 6.45) is 0.203. The lowest BCUT2D eigenvalue weighted by Gasteiger charge is -2.32. The van der Waals surface area contributed by atoms with Crippen LogP contribution in [0, 0.1) is 26.7 Å². The Hall–Kier alpha value is -2.91. The van der Waals surface area contributed by atoms with Crippen LogP contribution in [0.1, 0.15) is 36.5 Å². The lowest BCUT2D eigenvalue weighted by molar-refractivity contribution is -0.123. The largest absolute Gasteiger partial charge is 0.479 e. The first-order valence-corrected chi connectivity index (χ1v) is 12.5. The minimum atomic E-state index is -3.77. The molecule has 1 fully saturated rings. The number of sulfonamides is 1. The normalized spacial score (nSPS) is 19.4. The van der Waals surface area contributed by atoms with Crippen LogP contribution in [0.25, 0.3) is 0 Å². The number of amides is 2. The van der Waals surface area contributed by atoms with Crippen LogP contribution in [-0.4, -0.2) is 43.7 Å². The number of nitrogens with one attached hydrogen (secondary N) is 2. The van der Waals surface area contributed by atoms with E-state index in [1.165, 1.54) is 10.4 Å². The van der Waals surface area contributed by atoms with Crippen LogP contribution < -0.4 is 15.4 Å². The van der Waals surface area contributed by atoms with E-state index in [-0.39, 0.29) is 35.7 Å². The van der Waals surface area contributed by atoms with Gasteiger partial charge >= 0.3 is 0 Å². The van der Waals surface area contributed by atoms with Gasteiger partial charge < -0.3 is 15.4 Å². The van der Waals surface area contributed by atoms with Gasteiger partial charge in [-0.2, -0.15) is 4.31 Å². The third-order valence-corrected chi connectivity index (χ3v) is 8.42. The maximum Gasteiger partial charge on any atom is 0.265 e. The number of carbonyl (C=O) groups is 2. The standard InChI is InChI=1S/C24H29N3O5S/c1-14-6-5-7-15(2)22(14)26-24(29)18-8-10-27(11-9-18)33(30,31)21-13-20-19(12-16(21)3)25-23(28)17(4)32-20/h5-7,12-13,17-18H,8-11H2,1-4H3,(H,25,28)(H,26,29)/t17-/m0/s1. The third kappa shape index (κ3) is 4.47. The van der Waals surface area contributed by atoms with Crippen molar-refractivity contribution < 1.29 is 22.7 Å². The first-order valence-electron chi connectivity index (χ1n) is 11.1. The van der Waals surface area contributed by atoms with E-state index in [4.69, 9.17) is 4.74 Å². The van der Waals surface area contributed by atoms with Crippen LogP contribution in [-0.2, 0) is 19.6 Å². The van der Waals surface area contributed by atoms with Gasteiger partial charge in [-0.15, -0.1) is 0 Å². The van der Waals surface area contributed by atoms with Gasteiger partial charge in [-0.1, -0.05) is 18.2 Å². The quantitative estimate of drug-likeness (QED) is 0.711. The summed E-state index contributed by atoms with van der Waals surface area (Å²) in [7, 11) is -3.77. The lowest BCUT2D eigenvalue weighted by atomic mass is 9.96. The number of anilines is 2. The van der Waals surface area contributed by atoms with E-state index in [9.17, 15) is 18.0 Å². The first kappa shape index (κ1) is 23.3. The Bertz CT molecular complexity index is 1200. The van der Waals surface area contributed by atoms with E-state index >= 15 is 0 Å². The van der Waals surface area contributed by atoms with Gasteiger partial charge in [0.25, 0.3) is 5.91 Å². The topological polar surface area (TPSA) is 105 Å². The maximum absolute atomic E-state index is 13.4. The first-order chi connectivity index (χ1) is 15.6. The van der Waals surface area contributed by atoms with Crippen molar-refractivity contribution in [1.29, 1.82) is 0 Å². The molecule has 1 atom stereocenters. The summed E-state index contributed by atoms with van der Waals surface area (Å²) < 4.78 is 33.8. The van der Waals surface area contributed by atoms with Crippen molar-refractivity contribution in [3.05, 3.63) is 47.0 Å². The molecule has 176 valence electrons. The van der Waals surface area contributed by atoms with E-state index < -0.39 is 16.1 Å². The smallest absolute Gasteiger partial charge is 0.265 e. The molecule has 8 nitrogen and oxygen atoms in total. The Kier molecular flexibility index (Phi) is 6.20. The molecule has 9 heteroatoms. The number of hydrogen-bond acceptors (Lipinski definition) is 5. The van der Waals surface area contributed by atoms with E-state index in [1.807, 2.05) is 32.0 Å². The fourth-order valence-electron chi connectivity index (χ4n) is 4.36. The average Bonchev–Trinajstić information content (AvgIpc) is 2.77. The summed E-state index contributed by atoms with van der Waals surface area (Å²) in [4.78, 5) is 24.8. The summed E-state index contributed by atoms with van der Waals surface area (Å²) >= 11 is 0. The number of aryl methyl sites for hydroxylation is 3. The van der Waals surface area contributed by atoms with E-state index in [1.54, 1.807) is 19.9 Å². The number of piperidine rings is 1. The molecular weight excluding hydrogens is 442 g/mol. The summed E-state index contributed by atoms with van der Waals surface area (Å²) in [5, 5.41) is 5.76. The molecule has 0 aromatic heterocycles. The van der Waals surface area contributed by atoms with Gasteiger partial charge in [0, 0.05) is 30.8 Å². The van der Waals surface area contributed by atoms with Gasteiger partial charge in [0.2, 0.25) is 15.9 Å². The molecule has 2 N–H and O–H groups in total. The van der Waals surface area contributed by atoms with Crippen molar-refractivity contribution in [2.75, 3.05) is 23.7 Å². The number of carbonyl (C=O) groups excluding carboxylic acids is 2. The van der Waals surface area contributed by atoms with Crippen LogP contribution >= 0.6 is 0 Å². The van der Waals surface area contributed by atoms with E-state index in [0.717, 1.165) is 16.8 Å². The number of rotatable bonds is 4. The zero-order valence-electron chi connectivity index (χ0n) is 19.3. The molecule has 33 heavy (non-hydrogen) atoms. The highest BCUT2D eigenvalue weighted by Gasteiger charge is 2.34. The highest BCUT2D eigenvalue weighted by molar-refractivity contribution is 7.89.